The number of amides is 3. The maximum atomic E-state index is 12.9. The summed E-state index contributed by atoms with van der Waals surface area (Å²) in [7, 11) is 1.73. The summed E-state index contributed by atoms with van der Waals surface area (Å²) in [6, 6.07) is 16.0. The quantitative estimate of drug-likeness (QED) is 0.516. The SMILES string of the molecule is Cc1c(NC(=O)CCN2C(=O)S/C(=C\c3ccc(Cl)cc3)C2=O)c(=O)n(-c2ccccc2)n1C. The zero-order chi connectivity index (χ0) is 24.4. The van der Waals surface area contributed by atoms with Crippen LogP contribution < -0.4 is 10.9 Å². The summed E-state index contributed by atoms with van der Waals surface area (Å²) >= 11 is 6.70. The number of carbonyl (C=O) groups is 3. The monoisotopic (exact) mass is 496 g/mol. The smallest absolute Gasteiger partial charge is 0.295 e. The molecule has 2 aromatic carbocycles. The van der Waals surface area contributed by atoms with Crippen LogP contribution in [0.25, 0.3) is 11.8 Å². The number of benzene rings is 2. The summed E-state index contributed by atoms with van der Waals surface area (Å²) in [6.45, 7) is 1.64. The highest BCUT2D eigenvalue weighted by Crippen LogP contribution is 2.32. The number of carbonyl (C=O) groups excluding carboxylic acids is 3. The van der Waals surface area contributed by atoms with Crippen molar-refractivity contribution < 1.29 is 14.4 Å². The van der Waals surface area contributed by atoms with Crippen LogP contribution in [0.2, 0.25) is 5.02 Å². The molecule has 1 fully saturated rings. The lowest BCUT2D eigenvalue weighted by atomic mass is 10.2. The molecule has 4 rings (SSSR count). The third kappa shape index (κ3) is 4.71. The first-order valence-electron chi connectivity index (χ1n) is 10.4. The van der Waals surface area contributed by atoms with Crippen molar-refractivity contribution in [3.8, 4) is 5.69 Å². The molecule has 3 aromatic rings. The van der Waals surface area contributed by atoms with Gasteiger partial charge in [-0.15, -0.1) is 0 Å². The number of anilines is 1. The van der Waals surface area contributed by atoms with Crippen LogP contribution in [0.5, 0.6) is 0 Å². The Bertz CT molecular complexity index is 1360. The predicted molar refractivity (Wildman–Crippen MR) is 133 cm³/mol. The summed E-state index contributed by atoms with van der Waals surface area (Å²) in [5, 5.41) is 2.77. The van der Waals surface area contributed by atoms with Gasteiger partial charge in [-0.05, 0) is 54.6 Å². The van der Waals surface area contributed by atoms with E-state index < -0.39 is 17.1 Å². The first-order valence-corrected chi connectivity index (χ1v) is 11.6. The number of rotatable bonds is 6. The number of hydrogen-bond acceptors (Lipinski definition) is 5. The number of imide groups is 1. The Kier molecular flexibility index (Phi) is 6.76. The van der Waals surface area contributed by atoms with Gasteiger partial charge in [0, 0.05) is 25.0 Å². The lowest BCUT2D eigenvalue weighted by molar-refractivity contribution is -0.123. The molecule has 0 bridgehead atoms. The number of hydrogen-bond donors (Lipinski definition) is 1. The summed E-state index contributed by atoms with van der Waals surface area (Å²) in [5.74, 6) is -0.924. The van der Waals surface area contributed by atoms with E-state index in [2.05, 4.69) is 5.32 Å². The van der Waals surface area contributed by atoms with Crippen molar-refractivity contribution in [1.29, 1.82) is 0 Å². The molecule has 174 valence electrons. The Morgan fingerprint density at radius 1 is 1.06 bits per heavy atom. The van der Waals surface area contributed by atoms with Gasteiger partial charge in [-0.1, -0.05) is 41.9 Å². The zero-order valence-electron chi connectivity index (χ0n) is 18.4. The molecule has 0 saturated carbocycles. The van der Waals surface area contributed by atoms with E-state index in [0.717, 1.165) is 22.2 Å². The average Bonchev–Trinajstić information content (AvgIpc) is 3.20. The fourth-order valence-corrected chi connectivity index (χ4v) is 4.52. The lowest BCUT2D eigenvalue weighted by Crippen LogP contribution is -2.32. The van der Waals surface area contributed by atoms with Crippen LogP contribution in [0.15, 0.2) is 64.3 Å². The van der Waals surface area contributed by atoms with Gasteiger partial charge >= 0.3 is 0 Å². The molecule has 0 radical (unpaired) electrons. The van der Waals surface area contributed by atoms with E-state index in [-0.39, 0.29) is 29.1 Å². The molecule has 1 aliphatic heterocycles. The minimum atomic E-state index is -0.466. The van der Waals surface area contributed by atoms with Crippen LogP contribution in [0.1, 0.15) is 17.7 Å². The van der Waals surface area contributed by atoms with Gasteiger partial charge in [-0.3, -0.25) is 28.8 Å². The largest absolute Gasteiger partial charge is 0.320 e. The second kappa shape index (κ2) is 9.74. The average molecular weight is 497 g/mol. The van der Waals surface area contributed by atoms with E-state index in [4.69, 9.17) is 11.6 Å². The van der Waals surface area contributed by atoms with Gasteiger partial charge in [0.2, 0.25) is 5.91 Å². The topological polar surface area (TPSA) is 93.4 Å². The molecule has 1 N–H and O–H groups in total. The highest BCUT2D eigenvalue weighted by molar-refractivity contribution is 8.18. The number of nitrogens with one attached hydrogen (secondary N) is 1. The zero-order valence-corrected chi connectivity index (χ0v) is 20.0. The van der Waals surface area contributed by atoms with Gasteiger partial charge in [0.1, 0.15) is 5.69 Å². The Balaban J connectivity index is 1.44. The molecule has 3 amide bonds. The van der Waals surface area contributed by atoms with Crippen molar-refractivity contribution in [2.24, 2.45) is 7.05 Å². The molecule has 10 heteroatoms. The van der Waals surface area contributed by atoms with E-state index in [1.165, 1.54) is 4.68 Å². The van der Waals surface area contributed by atoms with E-state index in [0.29, 0.717) is 16.4 Å². The van der Waals surface area contributed by atoms with E-state index in [9.17, 15) is 19.2 Å². The fraction of sp³-hybridized carbons (Fsp3) is 0.167. The molecule has 8 nitrogen and oxygen atoms in total. The molecule has 0 spiro atoms. The normalized spacial score (nSPS) is 14.8. The molecular weight excluding hydrogens is 476 g/mol. The number of nitrogens with zero attached hydrogens (tertiary/aromatic N) is 3. The molecule has 1 aromatic heterocycles. The van der Waals surface area contributed by atoms with Crippen molar-refractivity contribution in [2.75, 3.05) is 11.9 Å². The minimum Gasteiger partial charge on any atom is -0.320 e. The van der Waals surface area contributed by atoms with E-state index in [1.807, 2.05) is 18.2 Å². The second-order valence-electron chi connectivity index (χ2n) is 7.62. The van der Waals surface area contributed by atoms with Crippen LogP contribution in [0.3, 0.4) is 0 Å². The second-order valence-corrected chi connectivity index (χ2v) is 9.05. The molecule has 0 atom stereocenters. The lowest BCUT2D eigenvalue weighted by Gasteiger charge is -2.12. The van der Waals surface area contributed by atoms with Crippen LogP contribution >= 0.6 is 23.4 Å². The Labute approximate surface area is 204 Å². The molecule has 34 heavy (non-hydrogen) atoms. The third-order valence-electron chi connectivity index (χ3n) is 5.42. The summed E-state index contributed by atoms with van der Waals surface area (Å²) in [5.41, 5.74) is 1.79. The van der Waals surface area contributed by atoms with Gasteiger partial charge in [0.25, 0.3) is 16.7 Å². The van der Waals surface area contributed by atoms with Crippen molar-refractivity contribution in [3.63, 3.8) is 0 Å². The molecule has 2 heterocycles. The van der Waals surface area contributed by atoms with Crippen LogP contribution in [-0.2, 0) is 16.6 Å². The van der Waals surface area contributed by atoms with E-state index >= 15 is 0 Å². The summed E-state index contributed by atoms with van der Waals surface area (Å²) in [6.07, 6.45) is 1.48. The summed E-state index contributed by atoms with van der Waals surface area (Å²) < 4.78 is 3.12. The maximum Gasteiger partial charge on any atom is 0.295 e. The Morgan fingerprint density at radius 2 is 1.74 bits per heavy atom. The Hall–Kier alpha value is -3.56. The van der Waals surface area contributed by atoms with Crippen LogP contribution in [0, 0.1) is 6.92 Å². The summed E-state index contributed by atoms with van der Waals surface area (Å²) in [4.78, 5) is 51.9. The van der Waals surface area contributed by atoms with Gasteiger partial charge in [-0.25, -0.2) is 4.68 Å². The molecule has 0 unspecified atom stereocenters. The van der Waals surface area contributed by atoms with Crippen molar-refractivity contribution in [2.45, 2.75) is 13.3 Å². The van der Waals surface area contributed by atoms with Gasteiger partial charge in [-0.2, -0.15) is 0 Å². The highest BCUT2D eigenvalue weighted by atomic mass is 35.5. The van der Waals surface area contributed by atoms with Crippen molar-refractivity contribution in [1.82, 2.24) is 14.3 Å². The molecular formula is C24H21ClN4O4S. The highest BCUT2D eigenvalue weighted by Gasteiger charge is 2.35. The first kappa shape index (κ1) is 23.6. The first-order chi connectivity index (χ1) is 16.3. The van der Waals surface area contributed by atoms with Crippen LogP contribution in [0.4, 0.5) is 10.5 Å². The van der Waals surface area contributed by atoms with Gasteiger partial charge in [0.05, 0.1) is 16.3 Å². The standard InChI is InChI=1S/C24H21ClN4O4S/c1-15-21(23(32)29(27(15)2)18-6-4-3-5-7-18)26-20(30)12-13-28-22(31)19(34-24(28)33)14-16-8-10-17(25)11-9-16/h3-11,14H,12-13H2,1-2H3,(H,26,30)/b19-14-. The fourth-order valence-electron chi connectivity index (χ4n) is 3.53. The molecule has 1 aliphatic rings. The third-order valence-corrected chi connectivity index (χ3v) is 6.58. The van der Waals surface area contributed by atoms with Gasteiger partial charge in [0.15, 0.2) is 0 Å². The van der Waals surface area contributed by atoms with E-state index in [1.54, 1.807) is 61.1 Å². The van der Waals surface area contributed by atoms with Gasteiger partial charge < -0.3 is 5.32 Å². The number of halogens is 1. The molecule has 1 saturated heterocycles. The Morgan fingerprint density at radius 3 is 2.41 bits per heavy atom. The number of para-hydroxylation sites is 1. The maximum absolute atomic E-state index is 12.9. The number of thioether (sulfide) groups is 1. The predicted octanol–water partition coefficient (Wildman–Crippen LogP) is 4.20. The van der Waals surface area contributed by atoms with Crippen LogP contribution in [-0.4, -0.2) is 37.9 Å². The van der Waals surface area contributed by atoms with Crippen molar-refractivity contribution >= 4 is 52.2 Å². The van der Waals surface area contributed by atoms with Crippen molar-refractivity contribution in [3.05, 3.63) is 86.1 Å². The minimum absolute atomic E-state index is 0.0901. The molecule has 0 aliphatic carbocycles. The number of aromatic nitrogens is 2.